The molecule has 3 heteroatoms. The van der Waals surface area contributed by atoms with Crippen molar-refractivity contribution in [1.82, 2.24) is 9.55 Å². The van der Waals surface area contributed by atoms with Crippen LogP contribution in [0, 0.1) is 13.8 Å². The average Bonchev–Trinajstić information content (AvgIpc) is 2.67. The van der Waals surface area contributed by atoms with Gasteiger partial charge >= 0.3 is 0 Å². The molecular weight excluding hydrogens is 224 g/mol. The fourth-order valence-corrected chi connectivity index (χ4v) is 2.85. The van der Waals surface area contributed by atoms with E-state index in [2.05, 4.69) is 22.5 Å². The van der Waals surface area contributed by atoms with Crippen molar-refractivity contribution >= 4 is 0 Å². The maximum Gasteiger partial charge on any atom is 0.137 e. The van der Waals surface area contributed by atoms with Gasteiger partial charge in [0.1, 0.15) is 5.82 Å². The van der Waals surface area contributed by atoms with Crippen molar-refractivity contribution in [2.45, 2.75) is 39.2 Å². The smallest absolute Gasteiger partial charge is 0.137 e. The summed E-state index contributed by atoms with van der Waals surface area (Å²) in [6.07, 6.45) is 2.63. The molecule has 18 heavy (non-hydrogen) atoms. The van der Waals surface area contributed by atoms with Gasteiger partial charge in [-0.05, 0) is 51.3 Å². The Balaban J connectivity index is 2.18. The Labute approximate surface area is 107 Å². The molecule has 0 fully saturated rings. The summed E-state index contributed by atoms with van der Waals surface area (Å²) < 4.78 is 2.19. The van der Waals surface area contributed by atoms with E-state index in [1.54, 1.807) is 0 Å². The Kier molecular flexibility index (Phi) is 2.71. The fourth-order valence-electron chi connectivity index (χ4n) is 2.85. The first-order chi connectivity index (χ1) is 8.66. The van der Waals surface area contributed by atoms with Gasteiger partial charge in [-0.1, -0.05) is 6.07 Å². The van der Waals surface area contributed by atoms with E-state index >= 15 is 0 Å². The van der Waals surface area contributed by atoms with E-state index in [1.807, 2.05) is 25.1 Å². The highest BCUT2D eigenvalue weighted by atomic mass is 16.3. The Morgan fingerprint density at radius 1 is 1.33 bits per heavy atom. The molecule has 0 amide bonds. The number of rotatable bonds is 1. The van der Waals surface area contributed by atoms with Gasteiger partial charge in [0.25, 0.3) is 0 Å². The van der Waals surface area contributed by atoms with Crippen LogP contribution in [0.25, 0.3) is 5.82 Å². The van der Waals surface area contributed by atoms with Crippen molar-refractivity contribution in [3.05, 3.63) is 46.9 Å². The molecule has 0 aliphatic heterocycles. The maximum absolute atomic E-state index is 10.1. The quantitative estimate of drug-likeness (QED) is 0.835. The number of aryl methyl sites for hydroxylation is 2. The van der Waals surface area contributed by atoms with Crippen LogP contribution in [0.15, 0.2) is 24.3 Å². The summed E-state index contributed by atoms with van der Waals surface area (Å²) >= 11 is 0. The summed E-state index contributed by atoms with van der Waals surface area (Å²) in [4.78, 5) is 4.59. The Morgan fingerprint density at radius 3 is 2.94 bits per heavy atom. The van der Waals surface area contributed by atoms with Gasteiger partial charge in [0.2, 0.25) is 0 Å². The van der Waals surface area contributed by atoms with Crippen LogP contribution in [-0.4, -0.2) is 14.7 Å². The topological polar surface area (TPSA) is 38.0 Å². The molecule has 3 nitrogen and oxygen atoms in total. The summed E-state index contributed by atoms with van der Waals surface area (Å²) in [5, 5.41) is 10.1. The lowest BCUT2D eigenvalue weighted by atomic mass is 9.95. The fraction of sp³-hybridized carbons (Fsp3) is 0.400. The summed E-state index contributed by atoms with van der Waals surface area (Å²) in [5.74, 6) is 0.961. The summed E-state index contributed by atoms with van der Waals surface area (Å²) in [6, 6.07) is 8.16. The van der Waals surface area contributed by atoms with Gasteiger partial charge in [-0.3, -0.25) is 0 Å². The van der Waals surface area contributed by atoms with Crippen molar-refractivity contribution in [3.8, 4) is 5.82 Å². The molecule has 2 heterocycles. The molecule has 0 spiro atoms. The number of hydrogen-bond donors (Lipinski definition) is 1. The van der Waals surface area contributed by atoms with E-state index in [0.717, 1.165) is 42.0 Å². The van der Waals surface area contributed by atoms with Crippen LogP contribution in [0.5, 0.6) is 0 Å². The summed E-state index contributed by atoms with van der Waals surface area (Å²) in [6.45, 7) is 4.08. The second kappa shape index (κ2) is 4.25. The first kappa shape index (κ1) is 11.5. The van der Waals surface area contributed by atoms with Crippen LogP contribution in [0.4, 0.5) is 0 Å². The Bertz CT molecular complexity index is 586. The third kappa shape index (κ3) is 1.75. The molecule has 1 atom stereocenters. The highest BCUT2D eigenvalue weighted by Crippen LogP contribution is 2.33. The van der Waals surface area contributed by atoms with Gasteiger partial charge < -0.3 is 9.67 Å². The van der Waals surface area contributed by atoms with Crippen molar-refractivity contribution in [2.75, 3.05) is 0 Å². The minimum atomic E-state index is -0.307. The average molecular weight is 242 g/mol. The standard InChI is InChI=1S/C15H18N2O/c1-10-5-3-8-15(16-10)17-11(2)9-12-13(17)6-4-7-14(12)18/h3,5,8-9,14,18H,4,6-7H2,1-2H3. The van der Waals surface area contributed by atoms with Gasteiger partial charge in [-0.15, -0.1) is 0 Å². The van der Waals surface area contributed by atoms with Crippen molar-refractivity contribution in [1.29, 1.82) is 0 Å². The Morgan fingerprint density at radius 2 is 2.17 bits per heavy atom. The van der Waals surface area contributed by atoms with E-state index < -0.39 is 0 Å². The third-order valence-corrected chi connectivity index (χ3v) is 3.67. The molecule has 0 radical (unpaired) electrons. The highest BCUT2D eigenvalue weighted by Gasteiger charge is 2.23. The molecule has 0 bridgehead atoms. The molecule has 0 aromatic carbocycles. The largest absolute Gasteiger partial charge is 0.388 e. The molecule has 0 saturated carbocycles. The van der Waals surface area contributed by atoms with E-state index in [9.17, 15) is 5.11 Å². The van der Waals surface area contributed by atoms with E-state index in [4.69, 9.17) is 0 Å². The second-order valence-electron chi connectivity index (χ2n) is 5.07. The van der Waals surface area contributed by atoms with E-state index in [-0.39, 0.29) is 6.10 Å². The lowest BCUT2D eigenvalue weighted by Gasteiger charge is -2.20. The summed E-state index contributed by atoms with van der Waals surface area (Å²) in [7, 11) is 0. The minimum absolute atomic E-state index is 0.307. The molecule has 1 aliphatic carbocycles. The number of aliphatic hydroxyl groups is 1. The molecule has 2 aromatic heterocycles. The number of pyridine rings is 1. The first-order valence-electron chi connectivity index (χ1n) is 6.50. The van der Waals surface area contributed by atoms with Gasteiger partial charge in [-0.25, -0.2) is 4.98 Å². The first-order valence-corrected chi connectivity index (χ1v) is 6.50. The lowest BCUT2D eigenvalue weighted by molar-refractivity contribution is 0.156. The second-order valence-corrected chi connectivity index (χ2v) is 5.07. The normalized spacial score (nSPS) is 18.7. The molecule has 94 valence electrons. The van der Waals surface area contributed by atoms with Crippen LogP contribution in [0.2, 0.25) is 0 Å². The molecule has 0 saturated heterocycles. The van der Waals surface area contributed by atoms with Crippen LogP contribution in [0.1, 0.15) is 41.6 Å². The minimum Gasteiger partial charge on any atom is -0.388 e. The molecule has 2 aromatic rings. The third-order valence-electron chi connectivity index (χ3n) is 3.67. The molecule has 1 aliphatic rings. The Hall–Kier alpha value is -1.61. The molecule has 1 unspecified atom stereocenters. The number of aliphatic hydroxyl groups excluding tert-OH is 1. The summed E-state index contributed by atoms with van der Waals surface area (Å²) in [5.41, 5.74) is 4.48. The molecular formula is C15H18N2O. The van der Waals surface area contributed by atoms with Gasteiger partial charge in [0.15, 0.2) is 0 Å². The number of hydrogen-bond acceptors (Lipinski definition) is 2. The van der Waals surface area contributed by atoms with Crippen LogP contribution >= 0.6 is 0 Å². The SMILES string of the molecule is Cc1cccc(-n2c(C)cc3c2CCCC3O)n1. The zero-order valence-corrected chi connectivity index (χ0v) is 10.8. The maximum atomic E-state index is 10.1. The van der Waals surface area contributed by atoms with Crippen molar-refractivity contribution < 1.29 is 5.11 Å². The van der Waals surface area contributed by atoms with E-state index in [0.29, 0.717) is 0 Å². The predicted octanol–water partition coefficient (Wildman–Crippen LogP) is 2.86. The van der Waals surface area contributed by atoms with Crippen LogP contribution in [0.3, 0.4) is 0 Å². The lowest BCUT2D eigenvalue weighted by Crippen LogP contribution is -2.12. The van der Waals surface area contributed by atoms with Crippen LogP contribution in [-0.2, 0) is 6.42 Å². The highest BCUT2D eigenvalue weighted by molar-refractivity contribution is 5.40. The zero-order chi connectivity index (χ0) is 12.7. The van der Waals surface area contributed by atoms with Crippen LogP contribution < -0.4 is 0 Å². The number of fused-ring (bicyclic) bond motifs is 1. The predicted molar refractivity (Wildman–Crippen MR) is 70.9 cm³/mol. The molecule has 3 rings (SSSR count). The van der Waals surface area contributed by atoms with Crippen molar-refractivity contribution in [3.63, 3.8) is 0 Å². The van der Waals surface area contributed by atoms with Gasteiger partial charge in [-0.2, -0.15) is 0 Å². The van der Waals surface area contributed by atoms with Crippen molar-refractivity contribution in [2.24, 2.45) is 0 Å². The zero-order valence-electron chi connectivity index (χ0n) is 10.8. The van der Waals surface area contributed by atoms with Gasteiger partial charge in [0, 0.05) is 22.6 Å². The molecule has 1 N–H and O–H groups in total. The van der Waals surface area contributed by atoms with Gasteiger partial charge in [0.05, 0.1) is 6.10 Å². The number of nitrogens with zero attached hydrogens (tertiary/aromatic N) is 2. The monoisotopic (exact) mass is 242 g/mol. The van der Waals surface area contributed by atoms with E-state index in [1.165, 1.54) is 5.69 Å². The number of aromatic nitrogens is 2.